The number of benzene rings is 2. The van der Waals surface area contributed by atoms with Crippen LogP contribution in [0.3, 0.4) is 0 Å². The quantitative estimate of drug-likeness (QED) is 0.681. The molecule has 1 aliphatic rings. The van der Waals surface area contributed by atoms with E-state index in [9.17, 15) is 14.4 Å². The van der Waals surface area contributed by atoms with E-state index in [1.807, 2.05) is 36.4 Å². The molecule has 3 N–H and O–H groups in total. The van der Waals surface area contributed by atoms with Crippen LogP contribution in [-0.4, -0.2) is 28.9 Å². The average molecular weight is 380 g/mol. The number of carboxylic acids is 1. The molecule has 0 heterocycles. The monoisotopic (exact) mass is 380 g/mol. The maximum atomic E-state index is 12.5. The number of anilines is 1. The highest BCUT2D eigenvalue weighted by atomic mass is 16.4. The standard InChI is InChI=1S/C22H24N2O4/c25-20-8-4-7-16-14-18(9-11-19(16)20)24-22(28)23-17(10-12-21(26)27)13-15-5-2-1-3-6-15/h1-3,5-6,9,11,14,17H,4,7-8,10,12-13H2,(H,26,27)(H2,23,24,28). The number of aryl methyl sites for hydroxylation is 1. The van der Waals surface area contributed by atoms with Gasteiger partial charge in [0.2, 0.25) is 0 Å². The van der Waals surface area contributed by atoms with E-state index in [0.717, 1.165) is 29.5 Å². The molecule has 6 nitrogen and oxygen atoms in total. The molecule has 1 unspecified atom stereocenters. The summed E-state index contributed by atoms with van der Waals surface area (Å²) in [7, 11) is 0. The first-order valence-corrected chi connectivity index (χ1v) is 9.50. The summed E-state index contributed by atoms with van der Waals surface area (Å²) in [5.41, 5.74) is 3.36. The van der Waals surface area contributed by atoms with Crippen molar-refractivity contribution >= 4 is 23.5 Å². The highest BCUT2D eigenvalue weighted by molar-refractivity contribution is 5.99. The van der Waals surface area contributed by atoms with Gasteiger partial charge in [-0.2, -0.15) is 0 Å². The fraction of sp³-hybridized carbons (Fsp3) is 0.318. The highest BCUT2D eigenvalue weighted by Gasteiger charge is 2.18. The van der Waals surface area contributed by atoms with Crippen molar-refractivity contribution in [2.75, 3.05) is 5.32 Å². The maximum absolute atomic E-state index is 12.5. The van der Waals surface area contributed by atoms with Gasteiger partial charge in [-0.1, -0.05) is 30.3 Å². The second-order valence-electron chi connectivity index (χ2n) is 7.07. The summed E-state index contributed by atoms with van der Waals surface area (Å²) in [5, 5.41) is 14.7. The third-order valence-corrected chi connectivity index (χ3v) is 4.88. The lowest BCUT2D eigenvalue weighted by Crippen LogP contribution is -2.39. The van der Waals surface area contributed by atoms with E-state index in [0.29, 0.717) is 24.9 Å². The summed E-state index contributed by atoms with van der Waals surface area (Å²) in [4.78, 5) is 35.3. The first-order valence-electron chi connectivity index (χ1n) is 9.50. The van der Waals surface area contributed by atoms with Crippen LogP contribution < -0.4 is 10.6 Å². The van der Waals surface area contributed by atoms with Gasteiger partial charge < -0.3 is 15.7 Å². The Kier molecular flexibility index (Phi) is 6.42. The van der Waals surface area contributed by atoms with E-state index in [-0.39, 0.29) is 24.3 Å². The molecular formula is C22H24N2O4. The number of ketones is 1. The minimum atomic E-state index is -0.889. The number of fused-ring (bicyclic) bond motifs is 1. The molecule has 0 aromatic heterocycles. The third-order valence-electron chi connectivity index (χ3n) is 4.88. The number of Topliss-reactive ketones (excluding diaryl/α,β-unsaturated/α-hetero) is 1. The van der Waals surface area contributed by atoms with Crippen LogP contribution in [0.1, 0.15) is 47.2 Å². The van der Waals surface area contributed by atoms with Gasteiger partial charge in [0.05, 0.1) is 0 Å². The number of carbonyl (C=O) groups excluding carboxylic acids is 2. The van der Waals surface area contributed by atoms with Crippen LogP contribution in [-0.2, 0) is 17.6 Å². The SMILES string of the molecule is O=C(O)CCC(Cc1ccccc1)NC(=O)Nc1ccc2c(c1)CCCC2=O. The van der Waals surface area contributed by atoms with E-state index in [1.54, 1.807) is 12.1 Å². The fourth-order valence-electron chi connectivity index (χ4n) is 3.50. The largest absolute Gasteiger partial charge is 0.481 e. The molecule has 6 heteroatoms. The van der Waals surface area contributed by atoms with Gasteiger partial charge in [0.25, 0.3) is 0 Å². The van der Waals surface area contributed by atoms with Gasteiger partial charge in [-0.3, -0.25) is 9.59 Å². The lowest BCUT2D eigenvalue weighted by Gasteiger charge is -2.20. The molecule has 0 radical (unpaired) electrons. The molecule has 1 aliphatic carbocycles. The maximum Gasteiger partial charge on any atom is 0.319 e. The summed E-state index contributed by atoms with van der Waals surface area (Å²) < 4.78 is 0. The zero-order chi connectivity index (χ0) is 19.9. The number of hydrogen-bond acceptors (Lipinski definition) is 3. The minimum Gasteiger partial charge on any atom is -0.481 e. The smallest absolute Gasteiger partial charge is 0.319 e. The highest BCUT2D eigenvalue weighted by Crippen LogP contribution is 2.24. The summed E-state index contributed by atoms with van der Waals surface area (Å²) in [6.45, 7) is 0. The zero-order valence-electron chi connectivity index (χ0n) is 15.6. The van der Waals surface area contributed by atoms with Crippen LogP contribution in [0.15, 0.2) is 48.5 Å². The van der Waals surface area contributed by atoms with E-state index < -0.39 is 5.97 Å². The zero-order valence-corrected chi connectivity index (χ0v) is 15.6. The molecule has 2 aromatic rings. The van der Waals surface area contributed by atoms with Crippen LogP contribution in [0.5, 0.6) is 0 Å². The number of nitrogens with one attached hydrogen (secondary N) is 2. The molecule has 0 saturated carbocycles. The molecule has 0 fully saturated rings. The van der Waals surface area contributed by atoms with Crippen LogP contribution in [0.25, 0.3) is 0 Å². The normalized spacial score (nSPS) is 14.1. The first kappa shape index (κ1) is 19.6. The van der Waals surface area contributed by atoms with E-state index in [1.165, 1.54) is 0 Å². The van der Waals surface area contributed by atoms with Gasteiger partial charge in [-0.25, -0.2) is 4.79 Å². The number of hydrogen-bond donors (Lipinski definition) is 3. The molecule has 146 valence electrons. The molecule has 1 atom stereocenters. The predicted octanol–water partition coefficient (Wildman–Crippen LogP) is 3.80. The van der Waals surface area contributed by atoms with Crippen molar-refractivity contribution in [3.05, 3.63) is 65.2 Å². The van der Waals surface area contributed by atoms with Crippen LogP contribution in [0.2, 0.25) is 0 Å². The lowest BCUT2D eigenvalue weighted by molar-refractivity contribution is -0.137. The Morgan fingerprint density at radius 2 is 1.86 bits per heavy atom. The molecule has 0 saturated heterocycles. The second-order valence-corrected chi connectivity index (χ2v) is 7.07. The average Bonchev–Trinajstić information content (AvgIpc) is 2.67. The Morgan fingerprint density at radius 3 is 2.61 bits per heavy atom. The molecule has 0 spiro atoms. The summed E-state index contributed by atoms with van der Waals surface area (Å²) in [6.07, 6.45) is 3.11. The number of urea groups is 1. The summed E-state index contributed by atoms with van der Waals surface area (Å²) >= 11 is 0. The van der Waals surface area contributed by atoms with Crippen LogP contribution >= 0.6 is 0 Å². The Bertz CT molecular complexity index is 864. The molecule has 0 aliphatic heterocycles. The number of carboxylic acid groups (broad SMARTS) is 1. The van der Waals surface area contributed by atoms with Crippen LogP contribution in [0.4, 0.5) is 10.5 Å². The van der Waals surface area contributed by atoms with Crippen molar-refractivity contribution in [1.82, 2.24) is 5.32 Å². The number of rotatable bonds is 7. The third kappa shape index (κ3) is 5.42. The van der Waals surface area contributed by atoms with E-state index in [4.69, 9.17) is 5.11 Å². The van der Waals surface area contributed by atoms with Crippen molar-refractivity contribution < 1.29 is 19.5 Å². The van der Waals surface area contributed by atoms with E-state index >= 15 is 0 Å². The number of aliphatic carboxylic acids is 1. The van der Waals surface area contributed by atoms with Crippen molar-refractivity contribution in [1.29, 1.82) is 0 Å². The van der Waals surface area contributed by atoms with Gasteiger partial charge in [0.15, 0.2) is 5.78 Å². The molecule has 3 rings (SSSR count). The first-order chi connectivity index (χ1) is 13.5. The number of carbonyl (C=O) groups is 3. The Hall–Kier alpha value is -3.15. The van der Waals surface area contributed by atoms with Gasteiger partial charge in [0.1, 0.15) is 0 Å². The number of amides is 2. The summed E-state index contributed by atoms with van der Waals surface area (Å²) in [5.74, 6) is -0.742. The minimum absolute atomic E-state index is 0.0151. The molecular weight excluding hydrogens is 356 g/mol. The molecule has 2 amide bonds. The van der Waals surface area contributed by atoms with Crippen molar-refractivity contribution in [3.8, 4) is 0 Å². The van der Waals surface area contributed by atoms with Crippen LogP contribution in [0, 0.1) is 0 Å². The van der Waals surface area contributed by atoms with Gasteiger partial charge >= 0.3 is 12.0 Å². The van der Waals surface area contributed by atoms with Gasteiger partial charge in [-0.05, 0) is 55.0 Å². The van der Waals surface area contributed by atoms with Crippen molar-refractivity contribution in [2.24, 2.45) is 0 Å². The van der Waals surface area contributed by atoms with Gasteiger partial charge in [-0.15, -0.1) is 0 Å². The molecule has 0 bridgehead atoms. The Balaban J connectivity index is 1.64. The Labute approximate surface area is 164 Å². The van der Waals surface area contributed by atoms with Crippen molar-refractivity contribution in [3.63, 3.8) is 0 Å². The lowest BCUT2D eigenvalue weighted by atomic mass is 9.90. The van der Waals surface area contributed by atoms with Crippen molar-refractivity contribution in [2.45, 2.75) is 44.6 Å². The molecule has 2 aromatic carbocycles. The topological polar surface area (TPSA) is 95.5 Å². The Morgan fingerprint density at radius 1 is 1.07 bits per heavy atom. The second kappa shape index (κ2) is 9.17. The van der Waals surface area contributed by atoms with E-state index in [2.05, 4.69) is 10.6 Å². The predicted molar refractivity (Wildman–Crippen MR) is 107 cm³/mol. The fourth-order valence-corrected chi connectivity index (χ4v) is 3.50. The van der Waals surface area contributed by atoms with Gasteiger partial charge in [0, 0.05) is 30.1 Å². The summed E-state index contributed by atoms with van der Waals surface area (Å²) in [6, 6.07) is 14.3. The molecule has 28 heavy (non-hydrogen) atoms.